The van der Waals surface area contributed by atoms with Gasteiger partial charge in [0.05, 0.1) is 12.0 Å². The Morgan fingerprint density at radius 3 is 2.46 bits per heavy atom. The average Bonchev–Trinajstić information content (AvgIpc) is 2.58. The Hall–Kier alpha value is -1.39. The van der Waals surface area contributed by atoms with Crippen molar-refractivity contribution in [1.29, 1.82) is 0 Å². The van der Waals surface area contributed by atoms with Crippen LogP contribution in [-0.4, -0.2) is 40.6 Å². The number of aliphatic hydroxyl groups is 1. The van der Waals surface area contributed by atoms with E-state index >= 15 is 0 Å². The molecule has 1 aromatic carbocycles. The number of hydrogen-bond acceptors (Lipinski definition) is 3. The summed E-state index contributed by atoms with van der Waals surface area (Å²) < 4.78 is 0. The number of amides is 1. The van der Waals surface area contributed by atoms with E-state index in [1.807, 2.05) is 6.07 Å². The van der Waals surface area contributed by atoms with Gasteiger partial charge in [-0.3, -0.25) is 9.69 Å². The van der Waals surface area contributed by atoms with E-state index in [1.54, 1.807) is 0 Å². The summed E-state index contributed by atoms with van der Waals surface area (Å²) in [6.45, 7) is 3.02. The fraction of sp³-hybridized carbons (Fsp3) is 0.650. The maximum absolute atomic E-state index is 12.3. The fourth-order valence-electron chi connectivity index (χ4n) is 4.04. The van der Waals surface area contributed by atoms with Crippen LogP contribution < -0.4 is 5.32 Å². The van der Waals surface area contributed by atoms with Crippen LogP contribution in [-0.2, 0) is 11.3 Å². The first-order valence-corrected chi connectivity index (χ1v) is 9.41. The molecule has 4 heteroatoms. The minimum atomic E-state index is -0.754. The number of nitrogens with one attached hydrogen (secondary N) is 1. The number of carbonyl (C=O) groups excluding carboxylic acids is 1. The summed E-state index contributed by atoms with van der Waals surface area (Å²) in [4.78, 5) is 14.7. The lowest BCUT2D eigenvalue weighted by atomic mass is 9.82. The fourth-order valence-corrected chi connectivity index (χ4v) is 4.04. The Morgan fingerprint density at radius 1 is 1.12 bits per heavy atom. The van der Waals surface area contributed by atoms with Crippen molar-refractivity contribution in [2.24, 2.45) is 0 Å². The smallest absolute Gasteiger partial charge is 0.223 e. The van der Waals surface area contributed by atoms with Gasteiger partial charge in [0, 0.05) is 25.7 Å². The molecule has 1 aliphatic heterocycles. The largest absolute Gasteiger partial charge is 0.389 e. The van der Waals surface area contributed by atoms with E-state index < -0.39 is 5.60 Å². The molecule has 1 aromatic rings. The van der Waals surface area contributed by atoms with Crippen molar-refractivity contribution in [1.82, 2.24) is 10.2 Å². The van der Waals surface area contributed by atoms with Gasteiger partial charge in [-0.15, -0.1) is 0 Å². The average molecular weight is 330 g/mol. The minimum absolute atomic E-state index is 0.0286. The van der Waals surface area contributed by atoms with E-state index in [2.05, 4.69) is 34.5 Å². The van der Waals surface area contributed by atoms with Gasteiger partial charge >= 0.3 is 0 Å². The van der Waals surface area contributed by atoms with Gasteiger partial charge in [0.15, 0.2) is 0 Å². The van der Waals surface area contributed by atoms with Crippen LogP contribution in [0.2, 0.25) is 0 Å². The lowest BCUT2D eigenvalue weighted by Gasteiger charge is -2.34. The molecular formula is C20H30N2O2. The third-order valence-corrected chi connectivity index (χ3v) is 5.48. The van der Waals surface area contributed by atoms with Crippen LogP contribution >= 0.6 is 0 Å². The van der Waals surface area contributed by atoms with Crippen LogP contribution in [0, 0.1) is 0 Å². The Kier molecular flexibility index (Phi) is 5.90. The SMILES string of the molecule is O=C(CC1(O)CCCCC1)NC1CCN(Cc2ccccc2)CC1. The number of benzene rings is 1. The molecule has 1 amide bonds. The molecule has 0 aromatic heterocycles. The summed E-state index contributed by atoms with van der Waals surface area (Å²) in [6.07, 6.45) is 7.09. The molecule has 1 saturated carbocycles. The van der Waals surface area contributed by atoms with Crippen LogP contribution in [0.4, 0.5) is 0 Å². The second-order valence-electron chi connectivity index (χ2n) is 7.57. The predicted octanol–water partition coefficient (Wildman–Crippen LogP) is 2.85. The van der Waals surface area contributed by atoms with Crippen LogP contribution in [0.25, 0.3) is 0 Å². The van der Waals surface area contributed by atoms with Gasteiger partial charge in [-0.1, -0.05) is 49.6 Å². The van der Waals surface area contributed by atoms with Gasteiger partial charge in [0.25, 0.3) is 0 Å². The predicted molar refractivity (Wildman–Crippen MR) is 95.5 cm³/mol. The van der Waals surface area contributed by atoms with Crippen molar-refractivity contribution >= 4 is 5.91 Å². The molecule has 1 aliphatic carbocycles. The zero-order valence-electron chi connectivity index (χ0n) is 14.5. The van der Waals surface area contributed by atoms with Crippen molar-refractivity contribution < 1.29 is 9.90 Å². The summed E-state index contributed by atoms with van der Waals surface area (Å²) in [5, 5.41) is 13.7. The second-order valence-corrected chi connectivity index (χ2v) is 7.57. The van der Waals surface area contributed by atoms with Crippen molar-refractivity contribution in [3.8, 4) is 0 Å². The van der Waals surface area contributed by atoms with E-state index in [9.17, 15) is 9.90 Å². The van der Waals surface area contributed by atoms with Crippen LogP contribution in [0.15, 0.2) is 30.3 Å². The maximum atomic E-state index is 12.3. The molecule has 0 bridgehead atoms. The summed E-state index contributed by atoms with van der Waals surface area (Å²) in [5.74, 6) is 0.0286. The Bertz CT molecular complexity index is 518. The molecule has 1 heterocycles. The molecule has 2 N–H and O–H groups in total. The van der Waals surface area contributed by atoms with Crippen molar-refractivity contribution in [3.05, 3.63) is 35.9 Å². The van der Waals surface area contributed by atoms with Crippen molar-refractivity contribution in [2.75, 3.05) is 13.1 Å². The zero-order valence-corrected chi connectivity index (χ0v) is 14.5. The van der Waals surface area contributed by atoms with E-state index in [4.69, 9.17) is 0 Å². The quantitative estimate of drug-likeness (QED) is 0.873. The molecule has 2 aliphatic rings. The van der Waals surface area contributed by atoms with E-state index in [0.717, 1.165) is 58.2 Å². The number of piperidine rings is 1. The molecule has 0 atom stereocenters. The van der Waals surface area contributed by atoms with Gasteiger partial charge < -0.3 is 10.4 Å². The first kappa shape index (κ1) is 17.4. The van der Waals surface area contributed by atoms with Gasteiger partial charge in [-0.2, -0.15) is 0 Å². The molecule has 4 nitrogen and oxygen atoms in total. The molecule has 132 valence electrons. The Balaban J connectivity index is 1.39. The van der Waals surface area contributed by atoms with Gasteiger partial charge in [-0.05, 0) is 31.2 Å². The van der Waals surface area contributed by atoms with Gasteiger partial charge in [-0.25, -0.2) is 0 Å². The lowest BCUT2D eigenvalue weighted by molar-refractivity contribution is -0.128. The van der Waals surface area contributed by atoms with Crippen LogP contribution in [0.1, 0.15) is 56.9 Å². The standard InChI is InChI=1S/C20H30N2O2/c23-19(15-20(24)11-5-2-6-12-20)21-18-9-13-22(14-10-18)16-17-7-3-1-4-8-17/h1,3-4,7-8,18,24H,2,5-6,9-16H2,(H,21,23). The van der Waals surface area contributed by atoms with Crippen molar-refractivity contribution in [3.63, 3.8) is 0 Å². The lowest BCUT2D eigenvalue weighted by Crippen LogP contribution is -2.46. The molecule has 1 saturated heterocycles. The highest BCUT2D eigenvalue weighted by atomic mass is 16.3. The van der Waals surface area contributed by atoms with Crippen LogP contribution in [0.3, 0.4) is 0 Å². The number of carbonyl (C=O) groups is 1. The minimum Gasteiger partial charge on any atom is -0.389 e. The monoisotopic (exact) mass is 330 g/mol. The zero-order chi connectivity index (χ0) is 16.8. The molecule has 0 spiro atoms. The summed E-state index contributed by atoms with van der Waals surface area (Å²) >= 11 is 0. The maximum Gasteiger partial charge on any atom is 0.223 e. The van der Waals surface area contributed by atoms with Crippen molar-refractivity contribution in [2.45, 2.75) is 69.6 Å². The molecule has 0 radical (unpaired) electrons. The first-order chi connectivity index (χ1) is 11.6. The van der Waals surface area contributed by atoms with Crippen LogP contribution in [0.5, 0.6) is 0 Å². The van der Waals surface area contributed by atoms with Gasteiger partial charge in [0.1, 0.15) is 0 Å². The molecule has 2 fully saturated rings. The Labute approximate surface area is 145 Å². The number of nitrogens with zero attached hydrogens (tertiary/aromatic N) is 1. The third-order valence-electron chi connectivity index (χ3n) is 5.48. The molecular weight excluding hydrogens is 300 g/mol. The van der Waals surface area contributed by atoms with Gasteiger partial charge in [0.2, 0.25) is 5.91 Å². The summed E-state index contributed by atoms with van der Waals surface area (Å²) in [6, 6.07) is 10.8. The summed E-state index contributed by atoms with van der Waals surface area (Å²) in [7, 11) is 0. The molecule has 24 heavy (non-hydrogen) atoms. The highest BCUT2D eigenvalue weighted by Gasteiger charge is 2.32. The highest BCUT2D eigenvalue weighted by molar-refractivity contribution is 5.77. The third kappa shape index (κ3) is 5.05. The topological polar surface area (TPSA) is 52.6 Å². The van der Waals surface area contributed by atoms with E-state index in [-0.39, 0.29) is 18.4 Å². The summed E-state index contributed by atoms with van der Waals surface area (Å²) in [5.41, 5.74) is 0.593. The van der Waals surface area contributed by atoms with E-state index in [0.29, 0.717) is 0 Å². The molecule has 3 rings (SSSR count). The molecule has 0 unspecified atom stereocenters. The highest BCUT2D eigenvalue weighted by Crippen LogP contribution is 2.30. The number of hydrogen-bond donors (Lipinski definition) is 2. The number of rotatable bonds is 5. The normalized spacial score (nSPS) is 22.2. The number of likely N-dealkylation sites (tertiary alicyclic amines) is 1. The second kappa shape index (κ2) is 8.13. The first-order valence-electron chi connectivity index (χ1n) is 9.41. The van der Waals surface area contributed by atoms with E-state index in [1.165, 1.54) is 12.0 Å². The Morgan fingerprint density at radius 2 is 1.79 bits per heavy atom.